The predicted octanol–water partition coefficient (Wildman–Crippen LogP) is 2.12. The molecule has 4 heteroatoms. The molecule has 0 spiro atoms. The molecule has 1 aliphatic rings. The summed E-state index contributed by atoms with van der Waals surface area (Å²) >= 11 is 0. The number of nitrogens with one attached hydrogen (secondary N) is 1. The zero-order chi connectivity index (χ0) is 12.3. The van der Waals surface area contributed by atoms with Crippen molar-refractivity contribution in [1.29, 1.82) is 5.26 Å². The van der Waals surface area contributed by atoms with Crippen LogP contribution in [0.4, 0.5) is 11.4 Å². The third kappa shape index (κ3) is 2.23. The van der Waals surface area contributed by atoms with Crippen molar-refractivity contribution < 1.29 is 4.79 Å². The average Bonchev–Trinajstić information content (AvgIpc) is 2.37. The van der Waals surface area contributed by atoms with Crippen LogP contribution in [0.25, 0.3) is 0 Å². The van der Waals surface area contributed by atoms with Gasteiger partial charge in [0, 0.05) is 6.54 Å². The number of anilines is 2. The maximum absolute atomic E-state index is 11.8. The second-order valence-electron chi connectivity index (χ2n) is 4.10. The van der Waals surface area contributed by atoms with E-state index in [1.165, 1.54) is 0 Å². The lowest BCUT2D eigenvalue weighted by molar-refractivity contribution is -0.117. The minimum Gasteiger partial charge on any atom is -0.374 e. The zero-order valence-electron chi connectivity index (χ0n) is 9.86. The summed E-state index contributed by atoms with van der Waals surface area (Å²) < 4.78 is 0. The van der Waals surface area contributed by atoms with Gasteiger partial charge in [0.2, 0.25) is 5.91 Å². The quantitative estimate of drug-likeness (QED) is 0.863. The number of rotatable bonds is 3. The number of fused-ring (bicyclic) bond motifs is 1. The van der Waals surface area contributed by atoms with Gasteiger partial charge in [0.15, 0.2) is 0 Å². The molecule has 2 rings (SSSR count). The first-order chi connectivity index (χ1) is 8.26. The number of hydrogen-bond donors (Lipinski definition) is 1. The van der Waals surface area contributed by atoms with E-state index in [1.54, 1.807) is 17.0 Å². The van der Waals surface area contributed by atoms with Crippen LogP contribution in [0.2, 0.25) is 0 Å². The van der Waals surface area contributed by atoms with Crippen molar-refractivity contribution in [1.82, 2.24) is 0 Å². The molecule has 17 heavy (non-hydrogen) atoms. The summed E-state index contributed by atoms with van der Waals surface area (Å²) in [6.45, 7) is 3.16. The first-order valence-corrected chi connectivity index (χ1v) is 5.84. The van der Waals surface area contributed by atoms with E-state index in [2.05, 4.69) is 18.3 Å². The highest BCUT2D eigenvalue weighted by molar-refractivity contribution is 6.02. The summed E-state index contributed by atoms with van der Waals surface area (Å²) in [5, 5.41) is 11.9. The van der Waals surface area contributed by atoms with Crippen molar-refractivity contribution in [2.75, 3.05) is 23.3 Å². The minimum atomic E-state index is 0.0932. The monoisotopic (exact) mass is 229 g/mol. The van der Waals surface area contributed by atoms with E-state index >= 15 is 0 Å². The lowest BCUT2D eigenvalue weighted by atomic mass is 10.1. The third-order valence-electron chi connectivity index (χ3n) is 2.88. The molecule has 1 N–H and O–H groups in total. The number of carbonyl (C=O) groups excluding carboxylic acids is 1. The van der Waals surface area contributed by atoms with Crippen molar-refractivity contribution in [3.63, 3.8) is 0 Å². The van der Waals surface area contributed by atoms with Crippen LogP contribution in [0.15, 0.2) is 18.2 Å². The molecule has 88 valence electrons. The van der Waals surface area contributed by atoms with Gasteiger partial charge in [-0.2, -0.15) is 5.26 Å². The van der Waals surface area contributed by atoms with Gasteiger partial charge in [0.25, 0.3) is 0 Å². The van der Waals surface area contributed by atoms with Gasteiger partial charge in [-0.25, -0.2) is 0 Å². The van der Waals surface area contributed by atoms with E-state index < -0.39 is 0 Å². The van der Waals surface area contributed by atoms with Crippen molar-refractivity contribution in [2.24, 2.45) is 0 Å². The van der Waals surface area contributed by atoms with Gasteiger partial charge in [0.1, 0.15) is 0 Å². The molecule has 0 unspecified atom stereocenters. The molecule has 0 fully saturated rings. The Balaban J connectivity index is 2.32. The molecule has 0 saturated heterocycles. The second-order valence-corrected chi connectivity index (χ2v) is 4.10. The largest absolute Gasteiger partial charge is 0.374 e. The topological polar surface area (TPSA) is 56.1 Å². The first kappa shape index (κ1) is 11.5. The van der Waals surface area contributed by atoms with Crippen molar-refractivity contribution in [2.45, 2.75) is 19.8 Å². The van der Waals surface area contributed by atoms with E-state index in [9.17, 15) is 4.79 Å². The van der Waals surface area contributed by atoms with Gasteiger partial charge in [-0.05, 0) is 24.6 Å². The lowest BCUT2D eigenvalue weighted by Crippen LogP contribution is -2.40. The molecule has 4 nitrogen and oxygen atoms in total. The SMILES string of the molecule is CCCCN1C(=O)CNc2cc(C#N)ccc21. The van der Waals surface area contributed by atoms with Gasteiger partial charge in [0.05, 0.1) is 29.6 Å². The van der Waals surface area contributed by atoms with Crippen LogP contribution in [0.3, 0.4) is 0 Å². The first-order valence-electron chi connectivity index (χ1n) is 5.84. The highest BCUT2D eigenvalue weighted by atomic mass is 16.2. The fourth-order valence-corrected chi connectivity index (χ4v) is 1.94. The standard InChI is InChI=1S/C13H15N3O/c1-2-3-6-16-12-5-4-10(8-14)7-11(12)15-9-13(16)17/h4-5,7,15H,2-3,6,9H2,1H3. The van der Waals surface area contributed by atoms with Crippen LogP contribution in [-0.2, 0) is 4.79 Å². The van der Waals surface area contributed by atoms with E-state index in [0.717, 1.165) is 30.8 Å². The number of nitriles is 1. The molecule has 0 atom stereocenters. The molecule has 0 aromatic heterocycles. The van der Waals surface area contributed by atoms with Crippen LogP contribution < -0.4 is 10.2 Å². The summed E-state index contributed by atoms with van der Waals surface area (Å²) in [5.74, 6) is 0.0932. The summed E-state index contributed by atoms with van der Waals surface area (Å²) in [6, 6.07) is 7.48. The van der Waals surface area contributed by atoms with Gasteiger partial charge >= 0.3 is 0 Å². The Labute approximate surface area is 101 Å². The molecule has 1 amide bonds. The Morgan fingerprint density at radius 3 is 3.06 bits per heavy atom. The fraction of sp³-hybridized carbons (Fsp3) is 0.385. The Bertz CT molecular complexity index is 476. The van der Waals surface area contributed by atoms with Gasteiger partial charge in [-0.3, -0.25) is 4.79 Å². The number of carbonyl (C=O) groups is 1. The Morgan fingerprint density at radius 1 is 1.53 bits per heavy atom. The van der Waals surface area contributed by atoms with E-state index in [-0.39, 0.29) is 5.91 Å². The number of nitrogens with zero attached hydrogens (tertiary/aromatic N) is 2. The second kappa shape index (κ2) is 4.88. The smallest absolute Gasteiger partial charge is 0.246 e. The molecular weight excluding hydrogens is 214 g/mol. The van der Waals surface area contributed by atoms with E-state index in [4.69, 9.17) is 5.26 Å². The molecule has 0 bridgehead atoms. The summed E-state index contributed by atoms with van der Waals surface area (Å²) in [5.41, 5.74) is 2.37. The van der Waals surface area contributed by atoms with Crippen molar-refractivity contribution in [3.8, 4) is 6.07 Å². The van der Waals surface area contributed by atoms with E-state index in [0.29, 0.717) is 12.1 Å². The molecular formula is C13H15N3O. The van der Waals surface area contributed by atoms with Crippen molar-refractivity contribution in [3.05, 3.63) is 23.8 Å². The Morgan fingerprint density at radius 2 is 2.35 bits per heavy atom. The van der Waals surface area contributed by atoms with Crippen LogP contribution in [-0.4, -0.2) is 19.0 Å². The third-order valence-corrected chi connectivity index (χ3v) is 2.88. The van der Waals surface area contributed by atoms with Crippen LogP contribution in [0.1, 0.15) is 25.3 Å². The minimum absolute atomic E-state index is 0.0932. The van der Waals surface area contributed by atoms with Crippen LogP contribution >= 0.6 is 0 Å². The molecule has 0 saturated carbocycles. The highest BCUT2D eigenvalue weighted by Crippen LogP contribution is 2.30. The summed E-state index contributed by atoms with van der Waals surface area (Å²) in [7, 11) is 0. The number of hydrogen-bond acceptors (Lipinski definition) is 3. The number of benzene rings is 1. The zero-order valence-corrected chi connectivity index (χ0v) is 9.86. The van der Waals surface area contributed by atoms with Gasteiger partial charge in [-0.1, -0.05) is 13.3 Å². The Hall–Kier alpha value is -2.02. The van der Waals surface area contributed by atoms with Crippen LogP contribution in [0.5, 0.6) is 0 Å². The fourth-order valence-electron chi connectivity index (χ4n) is 1.94. The van der Waals surface area contributed by atoms with Crippen molar-refractivity contribution >= 4 is 17.3 Å². The number of amides is 1. The maximum atomic E-state index is 11.8. The molecule has 1 aromatic carbocycles. The molecule has 0 radical (unpaired) electrons. The normalized spacial score (nSPS) is 13.9. The van der Waals surface area contributed by atoms with E-state index in [1.807, 2.05) is 6.07 Å². The number of unbranched alkanes of at least 4 members (excludes halogenated alkanes) is 1. The molecule has 0 aliphatic carbocycles. The maximum Gasteiger partial charge on any atom is 0.246 e. The summed E-state index contributed by atoms with van der Waals surface area (Å²) in [4.78, 5) is 13.6. The summed E-state index contributed by atoms with van der Waals surface area (Å²) in [6.07, 6.45) is 2.05. The average molecular weight is 229 g/mol. The van der Waals surface area contributed by atoms with Gasteiger partial charge < -0.3 is 10.2 Å². The lowest BCUT2D eigenvalue weighted by Gasteiger charge is -2.30. The predicted molar refractivity (Wildman–Crippen MR) is 66.9 cm³/mol. The molecule has 1 heterocycles. The molecule has 1 aliphatic heterocycles. The highest BCUT2D eigenvalue weighted by Gasteiger charge is 2.23. The Kier molecular flexibility index (Phi) is 3.29. The molecule has 1 aromatic rings. The van der Waals surface area contributed by atoms with Crippen LogP contribution in [0, 0.1) is 11.3 Å². The van der Waals surface area contributed by atoms with Gasteiger partial charge in [-0.15, -0.1) is 0 Å².